The molecule has 1 aromatic carbocycles. The van der Waals surface area contributed by atoms with Gasteiger partial charge in [-0.15, -0.1) is 0 Å². The number of amides is 1. The average Bonchev–Trinajstić information content (AvgIpc) is 3.21. The third kappa shape index (κ3) is 3.77. The number of carbonyl (C=O) groups excluding carboxylic acids is 1. The van der Waals surface area contributed by atoms with E-state index in [1.807, 2.05) is 61.6 Å². The predicted molar refractivity (Wildman–Crippen MR) is 104 cm³/mol. The van der Waals surface area contributed by atoms with Crippen molar-refractivity contribution in [3.8, 4) is 11.4 Å². The van der Waals surface area contributed by atoms with Crippen molar-refractivity contribution in [3.05, 3.63) is 53.1 Å². The second-order valence-electron chi connectivity index (χ2n) is 6.82. The summed E-state index contributed by atoms with van der Waals surface area (Å²) >= 11 is 0. The molecule has 7 nitrogen and oxygen atoms in total. The van der Waals surface area contributed by atoms with Crippen LogP contribution in [-0.4, -0.2) is 42.4 Å². The van der Waals surface area contributed by atoms with Gasteiger partial charge in [0.05, 0.1) is 5.69 Å². The molecule has 3 rings (SSSR count). The highest BCUT2D eigenvalue weighted by Crippen LogP contribution is 2.20. The van der Waals surface area contributed by atoms with Gasteiger partial charge in [0, 0.05) is 49.6 Å². The Bertz CT molecular complexity index is 955. The van der Waals surface area contributed by atoms with Crippen molar-refractivity contribution in [1.82, 2.24) is 29.4 Å². The van der Waals surface area contributed by atoms with E-state index in [2.05, 4.69) is 22.1 Å². The summed E-state index contributed by atoms with van der Waals surface area (Å²) < 4.78 is 3.72. The van der Waals surface area contributed by atoms with Gasteiger partial charge in [0.2, 0.25) is 0 Å². The first-order valence-electron chi connectivity index (χ1n) is 9.15. The van der Waals surface area contributed by atoms with Gasteiger partial charge in [-0.3, -0.25) is 9.48 Å². The number of carbonyl (C=O) groups is 1. The van der Waals surface area contributed by atoms with Gasteiger partial charge < -0.3 is 4.90 Å². The number of aryl methyl sites for hydroxylation is 3. The molecule has 2 aromatic heterocycles. The number of nitrogens with zero attached hydrogens (tertiary/aromatic N) is 6. The van der Waals surface area contributed by atoms with Crippen molar-refractivity contribution in [1.29, 1.82) is 0 Å². The summed E-state index contributed by atoms with van der Waals surface area (Å²) in [6.07, 6.45) is 2.53. The predicted octanol–water partition coefficient (Wildman–Crippen LogP) is 2.98. The van der Waals surface area contributed by atoms with Crippen LogP contribution in [0.4, 0.5) is 0 Å². The maximum absolute atomic E-state index is 13.0. The maximum atomic E-state index is 13.0. The molecule has 0 fully saturated rings. The zero-order chi connectivity index (χ0) is 19.6. The molecule has 0 N–H and O–H groups in total. The molecular formula is C20H26N6O. The van der Waals surface area contributed by atoms with Crippen LogP contribution in [0, 0.1) is 13.8 Å². The third-order valence-electron chi connectivity index (χ3n) is 4.82. The lowest BCUT2D eigenvalue weighted by Crippen LogP contribution is -2.26. The first kappa shape index (κ1) is 18.8. The number of aromatic nitrogens is 5. The van der Waals surface area contributed by atoms with Crippen LogP contribution in [0.2, 0.25) is 0 Å². The Morgan fingerprint density at radius 2 is 2.04 bits per heavy atom. The topological polar surface area (TPSA) is 68.8 Å². The van der Waals surface area contributed by atoms with Crippen LogP contribution in [0.1, 0.15) is 40.7 Å². The summed E-state index contributed by atoms with van der Waals surface area (Å²) in [5.41, 5.74) is 4.66. The molecule has 0 saturated heterocycles. The minimum atomic E-state index is -0.0268. The van der Waals surface area contributed by atoms with E-state index in [4.69, 9.17) is 0 Å². The molecule has 0 spiro atoms. The maximum Gasteiger partial charge on any atom is 0.253 e. The van der Waals surface area contributed by atoms with Crippen LogP contribution in [0.25, 0.3) is 11.4 Å². The fraction of sp³-hybridized carbons (Fsp3) is 0.400. The summed E-state index contributed by atoms with van der Waals surface area (Å²) in [6.45, 7) is 7.42. The van der Waals surface area contributed by atoms with Crippen molar-refractivity contribution in [2.24, 2.45) is 7.05 Å². The fourth-order valence-corrected chi connectivity index (χ4v) is 3.23. The van der Waals surface area contributed by atoms with Crippen LogP contribution in [0.3, 0.4) is 0 Å². The number of hydrogen-bond acceptors (Lipinski definition) is 4. The van der Waals surface area contributed by atoms with E-state index in [-0.39, 0.29) is 5.91 Å². The monoisotopic (exact) mass is 366 g/mol. The van der Waals surface area contributed by atoms with Crippen molar-refractivity contribution < 1.29 is 4.79 Å². The number of hydrogen-bond donors (Lipinski definition) is 0. The molecule has 0 saturated carbocycles. The molecule has 142 valence electrons. The van der Waals surface area contributed by atoms with Crippen molar-refractivity contribution in [2.45, 2.75) is 40.3 Å². The van der Waals surface area contributed by atoms with E-state index >= 15 is 0 Å². The Balaban J connectivity index is 1.83. The molecular weight excluding hydrogens is 340 g/mol. The van der Waals surface area contributed by atoms with Crippen molar-refractivity contribution in [3.63, 3.8) is 0 Å². The van der Waals surface area contributed by atoms with Gasteiger partial charge in [0.15, 0.2) is 5.82 Å². The fourth-order valence-electron chi connectivity index (χ4n) is 3.23. The molecule has 0 radical (unpaired) electrons. The molecule has 0 aliphatic carbocycles. The highest BCUT2D eigenvalue weighted by atomic mass is 16.2. The van der Waals surface area contributed by atoms with E-state index in [9.17, 15) is 4.79 Å². The molecule has 0 bridgehead atoms. The number of benzene rings is 1. The highest BCUT2D eigenvalue weighted by molar-refractivity contribution is 5.95. The lowest BCUT2D eigenvalue weighted by atomic mass is 10.1. The van der Waals surface area contributed by atoms with Crippen molar-refractivity contribution in [2.75, 3.05) is 7.05 Å². The standard InChI is InChI=1S/C20H26N6O/c1-6-10-26-19(21-13-22-26)16-8-7-9-17(11-16)20(27)24(4)12-18-14(2)23-25(5)15(18)3/h7-9,11,13H,6,10,12H2,1-5H3. The van der Waals surface area contributed by atoms with E-state index in [0.29, 0.717) is 12.1 Å². The van der Waals surface area contributed by atoms with E-state index in [1.165, 1.54) is 0 Å². The molecule has 1 amide bonds. The van der Waals surface area contributed by atoms with Gasteiger partial charge in [-0.1, -0.05) is 19.1 Å². The smallest absolute Gasteiger partial charge is 0.253 e. The third-order valence-corrected chi connectivity index (χ3v) is 4.82. The minimum Gasteiger partial charge on any atom is -0.337 e. The van der Waals surface area contributed by atoms with E-state index < -0.39 is 0 Å². The largest absolute Gasteiger partial charge is 0.337 e. The Morgan fingerprint density at radius 1 is 1.26 bits per heavy atom. The van der Waals surface area contributed by atoms with Crippen molar-refractivity contribution >= 4 is 5.91 Å². The normalized spacial score (nSPS) is 11.0. The van der Waals surface area contributed by atoms with Crippen LogP contribution >= 0.6 is 0 Å². The van der Waals surface area contributed by atoms with Crippen LogP contribution in [-0.2, 0) is 20.1 Å². The van der Waals surface area contributed by atoms with Gasteiger partial charge in [0.1, 0.15) is 6.33 Å². The molecule has 0 aliphatic heterocycles. The summed E-state index contributed by atoms with van der Waals surface area (Å²) in [7, 11) is 3.74. The first-order chi connectivity index (χ1) is 12.9. The molecule has 7 heteroatoms. The second-order valence-corrected chi connectivity index (χ2v) is 6.82. The summed E-state index contributed by atoms with van der Waals surface area (Å²) in [5.74, 6) is 0.758. The average molecular weight is 366 g/mol. The summed E-state index contributed by atoms with van der Waals surface area (Å²) in [6, 6.07) is 7.58. The Labute approximate surface area is 159 Å². The number of rotatable bonds is 6. The van der Waals surface area contributed by atoms with E-state index in [0.717, 1.165) is 41.3 Å². The SMILES string of the molecule is CCCn1ncnc1-c1cccc(C(=O)N(C)Cc2c(C)nn(C)c2C)c1. The first-order valence-corrected chi connectivity index (χ1v) is 9.15. The molecule has 0 atom stereocenters. The summed E-state index contributed by atoms with van der Waals surface area (Å²) in [5, 5.41) is 8.70. The van der Waals surface area contributed by atoms with Crippen LogP contribution < -0.4 is 0 Å². The lowest BCUT2D eigenvalue weighted by molar-refractivity contribution is 0.0784. The Hall–Kier alpha value is -2.96. The summed E-state index contributed by atoms with van der Waals surface area (Å²) in [4.78, 5) is 19.1. The molecule has 2 heterocycles. The Morgan fingerprint density at radius 3 is 2.70 bits per heavy atom. The molecule has 3 aromatic rings. The van der Waals surface area contributed by atoms with Crippen LogP contribution in [0.15, 0.2) is 30.6 Å². The van der Waals surface area contributed by atoms with Gasteiger partial charge in [-0.25, -0.2) is 9.67 Å². The zero-order valence-corrected chi connectivity index (χ0v) is 16.6. The molecule has 0 unspecified atom stereocenters. The molecule has 0 aliphatic rings. The quantitative estimate of drug-likeness (QED) is 0.672. The lowest BCUT2D eigenvalue weighted by Gasteiger charge is -2.18. The van der Waals surface area contributed by atoms with E-state index in [1.54, 1.807) is 11.2 Å². The zero-order valence-electron chi connectivity index (χ0n) is 16.6. The minimum absolute atomic E-state index is 0.0268. The highest BCUT2D eigenvalue weighted by Gasteiger charge is 2.18. The van der Waals surface area contributed by atoms with Gasteiger partial charge >= 0.3 is 0 Å². The van der Waals surface area contributed by atoms with Crippen LogP contribution in [0.5, 0.6) is 0 Å². The van der Waals surface area contributed by atoms with Gasteiger partial charge in [0.25, 0.3) is 5.91 Å². The van der Waals surface area contributed by atoms with Gasteiger partial charge in [-0.05, 0) is 32.4 Å². The van der Waals surface area contributed by atoms with Gasteiger partial charge in [-0.2, -0.15) is 10.2 Å². The molecule has 27 heavy (non-hydrogen) atoms. The Kier molecular flexibility index (Phi) is 5.39. The second kappa shape index (κ2) is 7.73.